The van der Waals surface area contributed by atoms with E-state index in [1.807, 2.05) is 0 Å². The molecule has 0 bridgehead atoms. The lowest BCUT2D eigenvalue weighted by molar-refractivity contribution is 0.0685. The Hall–Kier alpha value is -0.120. The van der Waals surface area contributed by atoms with Gasteiger partial charge in [-0.3, -0.25) is 9.80 Å². The van der Waals surface area contributed by atoms with Crippen molar-refractivity contribution >= 4 is 0 Å². The van der Waals surface area contributed by atoms with Crippen LogP contribution >= 0.6 is 0 Å². The first kappa shape index (κ1) is 16.3. The molecular weight excluding hydrogens is 246 g/mol. The summed E-state index contributed by atoms with van der Waals surface area (Å²) in [6.45, 7) is 14.4. The molecule has 3 heteroatoms. The van der Waals surface area contributed by atoms with E-state index >= 15 is 0 Å². The molecule has 0 aromatic carbocycles. The van der Waals surface area contributed by atoms with E-state index in [0.29, 0.717) is 0 Å². The third kappa shape index (κ3) is 4.71. The fourth-order valence-electron chi connectivity index (χ4n) is 3.81. The van der Waals surface area contributed by atoms with E-state index in [1.54, 1.807) is 0 Å². The van der Waals surface area contributed by atoms with Gasteiger partial charge in [0.25, 0.3) is 0 Å². The molecule has 1 N–H and O–H groups in total. The summed E-state index contributed by atoms with van der Waals surface area (Å²) in [7, 11) is 0. The minimum atomic E-state index is 0.736. The van der Waals surface area contributed by atoms with E-state index in [2.05, 4.69) is 35.9 Å². The number of nitrogens with zero attached hydrogens (tertiary/aromatic N) is 2. The Morgan fingerprint density at radius 3 is 2.20 bits per heavy atom. The van der Waals surface area contributed by atoms with Crippen molar-refractivity contribution in [2.24, 2.45) is 5.92 Å². The average molecular weight is 281 g/mol. The molecule has 20 heavy (non-hydrogen) atoms. The van der Waals surface area contributed by atoms with Gasteiger partial charge in [0.1, 0.15) is 0 Å². The highest BCUT2D eigenvalue weighted by molar-refractivity contribution is 4.84. The van der Waals surface area contributed by atoms with Crippen molar-refractivity contribution in [2.75, 3.05) is 39.3 Å². The predicted octanol–water partition coefficient (Wildman–Crippen LogP) is 2.57. The summed E-state index contributed by atoms with van der Waals surface area (Å²) >= 11 is 0. The van der Waals surface area contributed by atoms with E-state index in [9.17, 15) is 0 Å². The number of hydrogen-bond donors (Lipinski definition) is 1. The van der Waals surface area contributed by atoms with Crippen molar-refractivity contribution < 1.29 is 0 Å². The number of piperazine rings is 1. The zero-order valence-electron chi connectivity index (χ0n) is 13.9. The van der Waals surface area contributed by atoms with E-state index in [0.717, 1.165) is 31.1 Å². The molecule has 2 fully saturated rings. The van der Waals surface area contributed by atoms with Crippen molar-refractivity contribution in [2.45, 2.75) is 65.0 Å². The summed E-state index contributed by atoms with van der Waals surface area (Å²) in [6.07, 6.45) is 7.10. The van der Waals surface area contributed by atoms with Gasteiger partial charge < -0.3 is 5.32 Å². The molecule has 0 aromatic heterocycles. The standard InChI is InChI=1S/C17H35N3/c1-4-16(14-18-13-15(2)3)19-9-11-20(12-10-19)17-7-5-6-8-17/h15-18H,4-14H2,1-3H3. The molecule has 118 valence electrons. The van der Waals surface area contributed by atoms with Gasteiger partial charge in [-0.05, 0) is 31.7 Å². The van der Waals surface area contributed by atoms with Gasteiger partial charge in [-0.2, -0.15) is 0 Å². The molecule has 1 saturated heterocycles. The summed E-state index contributed by atoms with van der Waals surface area (Å²) in [6, 6.07) is 1.65. The quantitative estimate of drug-likeness (QED) is 0.774. The van der Waals surface area contributed by atoms with Crippen LogP contribution in [0, 0.1) is 5.92 Å². The molecule has 1 unspecified atom stereocenters. The molecule has 2 aliphatic rings. The summed E-state index contributed by atoms with van der Waals surface area (Å²) in [5.41, 5.74) is 0. The first-order chi connectivity index (χ1) is 9.70. The van der Waals surface area contributed by atoms with Crippen molar-refractivity contribution in [3.63, 3.8) is 0 Å². The van der Waals surface area contributed by atoms with Gasteiger partial charge in [-0.1, -0.05) is 33.6 Å². The summed E-state index contributed by atoms with van der Waals surface area (Å²) in [5.74, 6) is 0.756. The summed E-state index contributed by atoms with van der Waals surface area (Å²) in [5, 5.41) is 3.64. The van der Waals surface area contributed by atoms with Crippen LogP contribution < -0.4 is 5.32 Å². The maximum Gasteiger partial charge on any atom is 0.0219 e. The van der Waals surface area contributed by atoms with Gasteiger partial charge in [0, 0.05) is 44.8 Å². The van der Waals surface area contributed by atoms with Crippen molar-refractivity contribution in [1.82, 2.24) is 15.1 Å². The Morgan fingerprint density at radius 1 is 1.00 bits per heavy atom. The molecule has 0 spiro atoms. The Balaban J connectivity index is 1.70. The minimum absolute atomic E-state index is 0.736. The van der Waals surface area contributed by atoms with Crippen LogP contribution in [0.4, 0.5) is 0 Å². The second-order valence-electron chi connectivity index (χ2n) is 7.12. The highest BCUT2D eigenvalue weighted by Crippen LogP contribution is 2.24. The van der Waals surface area contributed by atoms with E-state index in [4.69, 9.17) is 0 Å². The molecular formula is C17H35N3. The zero-order chi connectivity index (χ0) is 14.4. The highest BCUT2D eigenvalue weighted by atomic mass is 15.3. The maximum atomic E-state index is 3.64. The van der Waals surface area contributed by atoms with Crippen LogP contribution in [-0.4, -0.2) is 61.2 Å². The van der Waals surface area contributed by atoms with Crippen LogP contribution in [0.5, 0.6) is 0 Å². The first-order valence-corrected chi connectivity index (χ1v) is 8.89. The van der Waals surface area contributed by atoms with Gasteiger partial charge in [0.2, 0.25) is 0 Å². The van der Waals surface area contributed by atoms with Crippen LogP contribution in [0.1, 0.15) is 52.9 Å². The van der Waals surface area contributed by atoms with Crippen LogP contribution in [0.25, 0.3) is 0 Å². The van der Waals surface area contributed by atoms with Gasteiger partial charge in [-0.15, -0.1) is 0 Å². The normalized spacial score (nSPS) is 24.6. The number of hydrogen-bond acceptors (Lipinski definition) is 3. The second-order valence-corrected chi connectivity index (χ2v) is 7.12. The first-order valence-electron chi connectivity index (χ1n) is 8.89. The summed E-state index contributed by atoms with van der Waals surface area (Å²) < 4.78 is 0. The smallest absolute Gasteiger partial charge is 0.0219 e. The van der Waals surface area contributed by atoms with Gasteiger partial charge in [0.15, 0.2) is 0 Å². The van der Waals surface area contributed by atoms with Crippen LogP contribution in [0.2, 0.25) is 0 Å². The largest absolute Gasteiger partial charge is 0.315 e. The number of rotatable bonds is 7. The van der Waals surface area contributed by atoms with Crippen molar-refractivity contribution in [3.8, 4) is 0 Å². The topological polar surface area (TPSA) is 18.5 Å². The number of nitrogens with one attached hydrogen (secondary N) is 1. The van der Waals surface area contributed by atoms with Crippen molar-refractivity contribution in [3.05, 3.63) is 0 Å². The third-order valence-corrected chi connectivity index (χ3v) is 5.11. The SMILES string of the molecule is CCC(CNCC(C)C)N1CCN(C2CCCC2)CC1. The molecule has 0 aromatic rings. The Kier molecular flexibility index (Phi) is 6.79. The molecule has 1 aliphatic carbocycles. The van der Waals surface area contributed by atoms with Gasteiger partial charge in [0.05, 0.1) is 0 Å². The fourth-order valence-corrected chi connectivity index (χ4v) is 3.81. The molecule has 1 heterocycles. The summed E-state index contributed by atoms with van der Waals surface area (Å²) in [4.78, 5) is 5.48. The van der Waals surface area contributed by atoms with E-state index in [-0.39, 0.29) is 0 Å². The van der Waals surface area contributed by atoms with Crippen LogP contribution in [0.3, 0.4) is 0 Å². The minimum Gasteiger partial charge on any atom is -0.315 e. The lowest BCUT2D eigenvalue weighted by Crippen LogP contribution is -2.54. The van der Waals surface area contributed by atoms with Gasteiger partial charge in [-0.25, -0.2) is 0 Å². The lowest BCUT2D eigenvalue weighted by Gasteiger charge is -2.41. The maximum absolute atomic E-state index is 3.64. The molecule has 1 atom stereocenters. The molecule has 2 rings (SSSR count). The molecule has 1 aliphatic heterocycles. The predicted molar refractivity (Wildman–Crippen MR) is 87.2 cm³/mol. The van der Waals surface area contributed by atoms with Gasteiger partial charge >= 0.3 is 0 Å². The Morgan fingerprint density at radius 2 is 1.65 bits per heavy atom. The van der Waals surface area contributed by atoms with E-state index in [1.165, 1.54) is 58.3 Å². The van der Waals surface area contributed by atoms with Crippen LogP contribution in [0.15, 0.2) is 0 Å². The molecule has 0 radical (unpaired) electrons. The average Bonchev–Trinajstić information content (AvgIpc) is 2.98. The zero-order valence-corrected chi connectivity index (χ0v) is 13.9. The van der Waals surface area contributed by atoms with E-state index < -0.39 is 0 Å². The molecule has 1 saturated carbocycles. The highest BCUT2D eigenvalue weighted by Gasteiger charge is 2.28. The lowest BCUT2D eigenvalue weighted by atomic mass is 10.1. The molecule has 0 amide bonds. The molecule has 3 nitrogen and oxygen atoms in total. The Bertz CT molecular complexity index is 253. The monoisotopic (exact) mass is 281 g/mol. The van der Waals surface area contributed by atoms with Crippen LogP contribution in [-0.2, 0) is 0 Å². The van der Waals surface area contributed by atoms with Crippen molar-refractivity contribution in [1.29, 1.82) is 0 Å². The third-order valence-electron chi connectivity index (χ3n) is 5.11. The fraction of sp³-hybridized carbons (Fsp3) is 1.00. The Labute approximate surface area is 126 Å². The second kappa shape index (κ2) is 8.35.